The fraction of sp³-hybridized carbons (Fsp3) is 0.300. The van der Waals surface area contributed by atoms with Gasteiger partial charge in [0, 0.05) is 24.2 Å². The summed E-state index contributed by atoms with van der Waals surface area (Å²) in [5.74, 6) is -2.38. The van der Waals surface area contributed by atoms with Gasteiger partial charge in [-0.05, 0) is 55.7 Å². The zero-order valence-corrected chi connectivity index (χ0v) is 15.4. The predicted molar refractivity (Wildman–Crippen MR) is 96.8 cm³/mol. The summed E-state index contributed by atoms with van der Waals surface area (Å²) in [4.78, 5) is 26.3. The summed E-state index contributed by atoms with van der Waals surface area (Å²) in [5, 5.41) is 0.562. The van der Waals surface area contributed by atoms with Gasteiger partial charge in [0.15, 0.2) is 0 Å². The van der Waals surface area contributed by atoms with Crippen LogP contribution >= 0.6 is 11.6 Å². The lowest BCUT2D eigenvalue weighted by Gasteiger charge is -2.31. The average Bonchev–Trinajstić information content (AvgIpc) is 2.63. The molecule has 0 aliphatic carbocycles. The highest BCUT2D eigenvalue weighted by Gasteiger charge is 2.30. The van der Waals surface area contributed by atoms with Crippen LogP contribution in [-0.2, 0) is 4.79 Å². The van der Waals surface area contributed by atoms with Gasteiger partial charge < -0.3 is 9.64 Å². The lowest BCUT2D eigenvalue weighted by atomic mass is 9.96. The van der Waals surface area contributed by atoms with Crippen LogP contribution in [0.3, 0.4) is 0 Å². The minimum Gasteiger partial charge on any atom is -0.426 e. The molecule has 0 unspecified atom stereocenters. The maximum Gasteiger partial charge on any atom is 0.314 e. The SMILES string of the molecule is Cc1cc(Cl)ccc1OC(=O)C1CCN(C(=O)c2ccc(F)cc2F)CC1. The molecule has 0 aromatic heterocycles. The van der Waals surface area contributed by atoms with E-state index in [2.05, 4.69) is 0 Å². The Kier molecular flexibility index (Phi) is 5.75. The van der Waals surface area contributed by atoms with Crippen LogP contribution in [0, 0.1) is 24.5 Å². The first-order chi connectivity index (χ1) is 12.8. The Labute approximate surface area is 160 Å². The topological polar surface area (TPSA) is 46.6 Å². The van der Waals surface area contributed by atoms with Crippen LogP contribution in [0.4, 0.5) is 8.78 Å². The molecule has 1 fully saturated rings. The molecule has 4 nitrogen and oxygen atoms in total. The van der Waals surface area contributed by atoms with E-state index in [1.54, 1.807) is 25.1 Å². The second-order valence-corrected chi connectivity index (χ2v) is 6.96. The van der Waals surface area contributed by atoms with Gasteiger partial charge in [0.1, 0.15) is 17.4 Å². The van der Waals surface area contributed by atoms with E-state index in [1.165, 1.54) is 4.90 Å². The third-order valence-corrected chi connectivity index (χ3v) is 4.86. The van der Waals surface area contributed by atoms with E-state index in [0.29, 0.717) is 42.8 Å². The maximum atomic E-state index is 13.8. The fourth-order valence-corrected chi connectivity index (χ4v) is 3.30. The van der Waals surface area contributed by atoms with Gasteiger partial charge in [-0.25, -0.2) is 8.78 Å². The number of halogens is 3. The van der Waals surface area contributed by atoms with Crippen molar-refractivity contribution in [2.45, 2.75) is 19.8 Å². The Balaban J connectivity index is 1.59. The first-order valence-electron chi connectivity index (χ1n) is 8.57. The fourth-order valence-electron chi connectivity index (χ4n) is 3.07. The molecule has 0 spiro atoms. The third kappa shape index (κ3) is 4.45. The monoisotopic (exact) mass is 393 g/mol. The van der Waals surface area contributed by atoms with E-state index in [1.807, 2.05) is 0 Å². The molecular formula is C20H18ClF2NO3. The Morgan fingerprint density at radius 1 is 1.11 bits per heavy atom. The van der Waals surface area contributed by atoms with Crippen molar-refractivity contribution in [1.82, 2.24) is 4.90 Å². The molecule has 142 valence electrons. The van der Waals surface area contributed by atoms with Crippen molar-refractivity contribution in [2.75, 3.05) is 13.1 Å². The zero-order valence-electron chi connectivity index (χ0n) is 14.7. The molecule has 1 saturated heterocycles. The van der Waals surface area contributed by atoms with Crippen LogP contribution in [0.2, 0.25) is 5.02 Å². The summed E-state index contributed by atoms with van der Waals surface area (Å²) in [6, 6.07) is 7.88. The third-order valence-electron chi connectivity index (χ3n) is 4.62. The summed E-state index contributed by atoms with van der Waals surface area (Å²) in [7, 11) is 0. The van der Waals surface area contributed by atoms with Gasteiger partial charge in [-0.2, -0.15) is 0 Å². The Morgan fingerprint density at radius 3 is 2.44 bits per heavy atom. The molecule has 0 saturated carbocycles. The number of ether oxygens (including phenoxy) is 1. The van der Waals surface area contributed by atoms with Crippen molar-refractivity contribution in [3.05, 3.63) is 64.2 Å². The molecule has 3 rings (SSSR count). The molecule has 0 N–H and O–H groups in total. The molecule has 0 radical (unpaired) electrons. The van der Waals surface area contributed by atoms with Gasteiger partial charge >= 0.3 is 5.97 Å². The summed E-state index contributed by atoms with van der Waals surface area (Å²) in [6.07, 6.45) is 0.833. The van der Waals surface area contributed by atoms with Crippen molar-refractivity contribution in [3.8, 4) is 5.75 Å². The minimum atomic E-state index is -0.889. The van der Waals surface area contributed by atoms with Crippen LogP contribution in [-0.4, -0.2) is 29.9 Å². The van der Waals surface area contributed by atoms with Gasteiger partial charge in [0.2, 0.25) is 0 Å². The van der Waals surface area contributed by atoms with Gasteiger partial charge in [-0.3, -0.25) is 9.59 Å². The molecule has 27 heavy (non-hydrogen) atoms. The molecule has 1 aliphatic heterocycles. The number of carbonyl (C=O) groups excluding carboxylic acids is 2. The molecule has 1 amide bonds. The molecule has 1 heterocycles. The number of aryl methyl sites for hydroxylation is 1. The summed E-state index contributed by atoms with van der Waals surface area (Å²) in [5.41, 5.74) is 0.587. The maximum absolute atomic E-state index is 13.8. The van der Waals surface area contributed by atoms with Gasteiger partial charge in [-0.1, -0.05) is 11.6 Å². The summed E-state index contributed by atoms with van der Waals surface area (Å²) >= 11 is 5.89. The average molecular weight is 394 g/mol. The van der Waals surface area contributed by atoms with E-state index in [4.69, 9.17) is 16.3 Å². The van der Waals surface area contributed by atoms with Crippen molar-refractivity contribution in [1.29, 1.82) is 0 Å². The van der Waals surface area contributed by atoms with E-state index >= 15 is 0 Å². The number of carbonyl (C=O) groups is 2. The van der Waals surface area contributed by atoms with E-state index in [9.17, 15) is 18.4 Å². The molecule has 1 aliphatic rings. The number of likely N-dealkylation sites (tertiary alicyclic amines) is 1. The van der Waals surface area contributed by atoms with E-state index in [-0.39, 0.29) is 17.5 Å². The number of esters is 1. The van der Waals surface area contributed by atoms with Gasteiger partial charge in [0.25, 0.3) is 5.91 Å². The highest BCUT2D eigenvalue weighted by Crippen LogP contribution is 2.26. The number of nitrogens with zero attached hydrogens (tertiary/aromatic N) is 1. The van der Waals surface area contributed by atoms with Crippen molar-refractivity contribution in [3.63, 3.8) is 0 Å². The minimum absolute atomic E-state index is 0.172. The number of rotatable bonds is 3. The number of hydrogen-bond acceptors (Lipinski definition) is 3. The van der Waals surface area contributed by atoms with Gasteiger partial charge in [0.05, 0.1) is 11.5 Å². The van der Waals surface area contributed by atoms with Crippen molar-refractivity contribution >= 4 is 23.5 Å². The second-order valence-electron chi connectivity index (χ2n) is 6.52. The van der Waals surface area contributed by atoms with Crippen molar-refractivity contribution < 1.29 is 23.1 Å². The quantitative estimate of drug-likeness (QED) is 0.574. The molecule has 0 bridgehead atoms. The number of piperidine rings is 1. The molecule has 2 aromatic carbocycles. The normalized spacial score (nSPS) is 14.9. The number of hydrogen-bond donors (Lipinski definition) is 0. The van der Waals surface area contributed by atoms with Gasteiger partial charge in [-0.15, -0.1) is 0 Å². The molecular weight excluding hydrogens is 376 g/mol. The van der Waals surface area contributed by atoms with Crippen LogP contribution in [0.5, 0.6) is 5.75 Å². The van der Waals surface area contributed by atoms with Crippen molar-refractivity contribution in [2.24, 2.45) is 5.92 Å². The first kappa shape index (κ1) is 19.3. The predicted octanol–water partition coefficient (Wildman–Crippen LogP) is 4.38. The highest BCUT2D eigenvalue weighted by molar-refractivity contribution is 6.30. The summed E-state index contributed by atoms with van der Waals surface area (Å²) < 4.78 is 32.2. The Morgan fingerprint density at radius 2 is 1.81 bits per heavy atom. The first-order valence-corrected chi connectivity index (χ1v) is 8.95. The lowest BCUT2D eigenvalue weighted by Crippen LogP contribution is -2.41. The summed E-state index contributed by atoms with van der Waals surface area (Å²) in [6.45, 7) is 2.40. The number of amides is 1. The van der Waals surface area contributed by atoms with E-state index in [0.717, 1.165) is 17.7 Å². The smallest absolute Gasteiger partial charge is 0.314 e. The second kappa shape index (κ2) is 8.05. The van der Waals surface area contributed by atoms with Crippen LogP contribution in [0.25, 0.3) is 0 Å². The molecule has 7 heteroatoms. The molecule has 2 aromatic rings. The standard InChI is InChI=1S/C20H18ClF2NO3/c1-12-10-14(21)2-5-18(12)27-20(26)13-6-8-24(9-7-13)19(25)16-4-3-15(22)11-17(16)23/h2-5,10-11,13H,6-9H2,1H3. The van der Waals surface area contributed by atoms with Crippen LogP contribution in [0.1, 0.15) is 28.8 Å². The van der Waals surface area contributed by atoms with Crippen LogP contribution < -0.4 is 4.74 Å². The highest BCUT2D eigenvalue weighted by atomic mass is 35.5. The van der Waals surface area contributed by atoms with Crippen LogP contribution in [0.15, 0.2) is 36.4 Å². The number of benzene rings is 2. The Hall–Kier alpha value is -2.47. The Bertz CT molecular complexity index is 880. The lowest BCUT2D eigenvalue weighted by molar-refractivity contribution is -0.140. The zero-order chi connectivity index (χ0) is 19.6. The van der Waals surface area contributed by atoms with E-state index < -0.39 is 17.5 Å². The molecule has 0 atom stereocenters. The largest absolute Gasteiger partial charge is 0.426 e.